The van der Waals surface area contributed by atoms with Gasteiger partial charge in [0.05, 0.1) is 5.56 Å². The number of phenols is 1. The van der Waals surface area contributed by atoms with Crippen molar-refractivity contribution in [3.05, 3.63) is 63.6 Å². The minimum absolute atomic E-state index is 0.0263. The number of carbonyl (C=O) groups excluding carboxylic acids is 1. The maximum atomic E-state index is 13.6. The largest absolute Gasteiger partial charge is 0.508 e. The monoisotopic (exact) mass is 503 g/mol. The van der Waals surface area contributed by atoms with E-state index in [1.807, 2.05) is 18.0 Å². The van der Waals surface area contributed by atoms with Crippen molar-refractivity contribution in [2.75, 3.05) is 20.1 Å². The second-order valence-electron chi connectivity index (χ2n) is 12.3. The number of piperidine rings is 1. The Balaban J connectivity index is 1.43. The fourth-order valence-electron chi connectivity index (χ4n) is 8.95. The molecular formula is C31H41N3O3. The Morgan fingerprint density at radius 2 is 1.92 bits per heavy atom. The molecule has 3 saturated carbocycles. The van der Waals surface area contributed by atoms with Crippen molar-refractivity contribution >= 4 is 5.91 Å². The van der Waals surface area contributed by atoms with Crippen molar-refractivity contribution in [3.8, 4) is 5.75 Å². The normalized spacial score (nSPS) is 33.2. The Labute approximate surface area is 220 Å². The number of nitrogens with one attached hydrogen (secondary N) is 1. The minimum atomic E-state index is -0.195. The third-order valence-electron chi connectivity index (χ3n) is 10.9. The first-order valence-corrected chi connectivity index (χ1v) is 14.3. The molecule has 2 N–H and O–H groups in total. The van der Waals surface area contributed by atoms with Crippen LogP contribution in [0.4, 0.5) is 0 Å². The van der Waals surface area contributed by atoms with Gasteiger partial charge in [0.15, 0.2) is 0 Å². The summed E-state index contributed by atoms with van der Waals surface area (Å²) in [7, 11) is 1.95. The minimum Gasteiger partial charge on any atom is -0.508 e. The molecule has 4 fully saturated rings. The maximum absolute atomic E-state index is 13.6. The van der Waals surface area contributed by atoms with E-state index in [1.165, 1.54) is 43.0 Å². The fourth-order valence-corrected chi connectivity index (χ4v) is 8.95. The van der Waals surface area contributed by atoms with Gasteiger partial charge in [0, 0.05) is 43.4 Å². The number of rotatable bonds is 6. The first-order chi connectivity index (χ1) is 17.8. The molecule has 3 aliphatic carbocycles. The molecule has 1 aromatic heterocycles. The highest BCUT2D eigenvalue weighted by molar-refractivity contribution is 5.94. The summed E-state index contributed by atoms with van der Waals surface area (Å²) in [6, 6.07) is 9.73. The lowest BCUT2D eigenvalue weighted by Gasteiger charge is -2.64. The van der Waals surface area contributed by atoms with Crippen LogP contribution in [0.25, 0.3) is 0 Å². The molecule has 6 rings (SSSR count). The van der Waals surface area contributed by atoms with Crippen molar-refractivity contribution in [1.82, 2.24) is 14.8 Å². The van der Waals surface area contributed by atoms with Gasteiger partial charge in [0.25, 0.3) is 5.91 Å². The number of hydrogen-bond donors (Lipinski definition) is 2. The van der Waals surface area contributed by atoms with Gasteiger partial charge in [-0.3, -0.25) is 14.5 Å². The molecule has 1 aliphatic heterocycles. The number of H-pyrrole nitrogens is 1. The van der Waals surface area contributed by atoms with Crippen LogP contribution in [0.5, 0.6) is 5.75 Å². The van der Waals surface area contributed by atoms with Crippen molar-refractivity contribution in [3.63, 3.8) is 0 Å². The fraction of sp³-hybridized carbons (Fsp3) is 0.613. The Morgan fingerprint density at radius 1 is 1.14 bits per heavy atom. The molecule has 0 spiro atoms. The van der Waals surface area contributed by atoms with E-state index in [0.717, 1.165) is 44.6 Å². The lowest BCUT2D eigenvalue weighted by atomic mass is 9.46. The number of hydrogen-bond acceptors (Lipinski definition) is 4. The molecule has 1 saturated heterocycles. The van der Waals surface area contributed by atoms with Crippen LogP contribution in [-0.4, -0.2) is 58.0 Å². The predicted octanol–water partition coefficient (Wildman–Crippen LogP) is 4.72. The number of amides is 1. The number of aromatic hydroxyl groups is 1. The van der Waals surface area contributed by atoms with Crippen molar-refractivity contribution < 1.29 is 9.90 Å². The van der Waals surface area contributed by atoms with Gasteiger partial charge in [0.1, 0.15) is 5.75 Å². The number of phenolic OH excluding ortho intramolecular Hbond substituents is 1. The molecule has 198 valence electrons. The molecule has 5 atom stereocenters. The zero-order valence-electron chi connectivity index (χ0n) is 22.5. The average molecular weight is 504 g/mol. The van der Waals surface area contributed by atoms with Gasteiger partial charge in [-0.2, -0.15) is 0 Å². The summed E-state index contributed by atoms with van der Waals surface area (Å²) in [5.74, 6) is 1.54. The average Bonchev–Trinajstić information content (AvgIpc) is 3.69. The topological polar surface area (TPSA) is 76.6 Å². The van der Waals surface area contributed by atoms with Crippen molar-refractivity contribution in [1.29, 1.82) is 0 Å². The lowest BCUT2D eigenvalue weighted by molar-refractivity contribution is -0.0893. The van der Waals surface area contributed by atoms with Gasteiger partial charge in [-0.25, -0.2) is 0 Å². The smallest absolute Gasteiger partial charge is 0.255 e. The van der Waals surface area contributed by atoms with Gasteiger partial charge < -0.3 is 15.0 Å². The second-order valence-corrected chi connectivity index (χ2v) is 12.3. The first-order valence-electron chi connectivity index (χ1n) is 14.3. The number of pyridine rings is 1. The molecule has 0 radical (unpaired) electrons. The summed E-state index contributed by atoms with van der Waals surface area (Å²) in [6.45, 7) is 7.00. The number of aromatic amines is 1. The number of carbonyl (C=O) groups is 1. The van der Waals surface area contributed by atoms with Crippen LogP contribution in [0, 0.1) is 17.3 Å². The molecule has 2 aromatic rings. The Morgan fingerprint density at radius 3 is 2.62 bits per heavy atom. The van der Waals surface area contributed by atoms with Crippen LogP contribution < -0.4 is 5.56 Å². The molecule has 5 unspecified atom stereocenters. The van der Waals surface area contributed by atoms with E-state index in [2.05, 4.69) is 35.9 Å². The second kappa shape index (κ2) is 9.00. The molecule has 1 aromatic carbocycles. The lowest BCUT2D eigenvalue weighted by Crippen LogP contribution is -2.67. The van der Waals surface area contributed by atoms with E-state index in [9.17, 15) is 14.7 Å². The quantitative estimate of drug-likeness (QED) is 0.598. The molecular weight excluding hydrogens is 462 g/mol. The van der Waals surface area contributed by atoms with Crippen LogP contribution in [0.2, 0.25) is 0 Å². The highest BCUT2D eigenvalue weighted by atomic mass is 16.3. The van der Waals surface area contributed by atoms with Crippen molar-refractivity contribution in [2.24, 2.45) is 17.3 Å². The number of nitrogens with zero attached hydrogens (tertiary/aromatic N) is 2. The number of aryl methyl sites for hydroxylation is 1. The van der Waals surface area contributed by atoms with Crippen LogP contribution in [0.15, 0.2) is 41.3 Å². The van der Waals surface area contributed by atoms with Gasteiger partial charge >= 0.3 is 0 Å². The zero-order chi connectivity index (χ0) is 25.9. The summed E-state index contributed by atoms with van der Waals surface area (Å²) in [5, 5.41) is 10.7. The Kier molecular flexibility index (Phi) is 6.02. The summed E-state index contributed by atoms with van der Waals surface area (Å²) in [6.07, 6.45) is 10.7. The standard InChI is InChI=1S/C31H41N3O3/c1-4-22-7-9-24(35)17-26(22)31-15-16-34(19-21-5-6-21)20(2)30(31)13-11-25(31)27(12-14-30)33(3)29(37)23-8-10-28(36)32-18-23/h7-10,17-18,20-21,25,27,35H,4-6,11-16,19H2,1-3H3,(H,32,36). The SMILES string of the molecule is CCc1ccc(O)cc1C12CCN(CC3CC3)C(C)C13CCC(N(C)C(=O)c1ccc(=O)[nH]c1)C2CC3. The number of likely N-dealkylation sites (tertiary alicyclic amines) is 1. The van der Waals surface area contributed by atoms with E-state index in [0.29, 0.717) is 23.3 Å². The number of benzene rings is 1. The van der Waals surface area contributed by atoms with Crippen molar-refractivity contribution in [2.45, 2.75) is 82.7 Å². The van der Waals surface area contributed by atoms with Crippen LogP contribution >= 0.6 is 0 Å². The summed E-state index contributed by atoms with van der Waals surface area (Å²) in [4.78, 5) is 32.6. The third-order valence-corrected chi connectivity index (χ3v) is 10.9. The Bertz CT molecular complexity index is 1230. The van der Waals surface area contributed by atoms with E-state index in [-0.39, 0.29) is 28.3 Å². The van der Waals surface area contributed by atoms with E-state index < -0.39 is 0 Å². The zero-order valence-corrected chi connectivity index (χ0v) is 22.5. The van der Waals surface area contributed by atoms with E-state index in [4.69, 9.17) is 0 Å². The van der Waals surface area contributed by atoms with Crippen LogP contribution in [0.1, 0.15) is 80.3 Å². The van der Waals surface area contributed by atoms with Gasteiger partial charge in [-0.1, -0.05) is 13.0 Å². The summed E-state index contributed by atoms with van der Waals surface area (Å²) in [5.41, 5.74) is 3.11. The highest BCUT2D eigenvalue weighted by Gasteiger charge is 2.69. The van der Waals surface area contributed by atoms with E-state index >= 15 is 0 Å². The van der Waals surface area contributed by atoms with Crippen LogP contribution in [-0.2, 0) is 11.8 Å². The third kappa shape index (κ3) is 3.70. The molecule has 4 aliphatic rings. The highest BCUT2D eigenvalue weighted by Crippen LogP contribution is 2.70. The number of aromatic nitrogens is 1. The molecule has 2 heterocycles. The first kappa shape index (κ1) is 24.7. The molecule has 1 amide bonds. The Hall–Kier alpha value is -2.60. The molecule has 6 heteroatoms. The predicted molar refractivity (Wildman–Crippen MR) is 145 cm³/mol. The van der Waals surface area contributed by atoms with Gasteiger partial charge in [-0.15, -0.1) is 0 Å². The molecule has 6 nitrogen and oxygen atoms in total. The van der Waals surface area contributed by atoms with Crippen LogP contribution in [0.3, 0.4) is 0 Å². The summed E-state index contributed by atoms with van der Waals surface area (Å²) < 4.78 is 0. The van der Waals surface area contributed by atoms with Gasteiger partial charge in [0.2, 0.25) is 5.56 Å². The summed E-state index contributed by atoms with van der Waals surface area (Å²) >= 11 is 0. The maximum Gasteiger partial charge on any atom is 0.255 e. The van der Waals surface area contributed by atoms with E-state index in [1.54, 1.807) is 12.3 Å². The van der Waals surface area contributed by atoms with Gasteiger partial charge in [-0.05, 0) is 111 Å². The molecule has 37 heavy (non-hydrogen) atoms. The molecule has 2 bridgehead atoms.